The molecule has 2 rings (SSSR count). The van der Waals surface area contributed by atoms with Crippen molar-refractivity contribution in [2.45, 2.75) is 110 Å². The first-order valence-corrected chi connectivity index (χ1v) is 12.9. The van der Waals surface area contributed by atoms with Gasteiger partial charge in [0.15, 0.2) is 0 Å². The van der Waals surface area contributed by atoms with E-state index in [1.807, 2.05) is 35.2 Å². The third kappa shape index (κ3) is 12.2. The molecule has 1 amide bonds. The molecule has 0 N–H and O–H groups in total. The molecule has 1 heterocycles. The van der Waals surface area contributed by atoms with Crippen molar-refractivity contribution in [3.05, 3.63) is 35.9 Å². The summed E-state index contributed by atoms with van der Waals surface area (Å²) in [5, 5.41) is 0. The predicted molar refractivity (Wildman–Crippen MR) is 128 cm³/mol. The Bertz CT molecular complexity index is 563. The Kier molecular flexibility index (Phi) is 14.1. The lowest BCUT2D eigenvalue weighted by molar-refractivity contribution is 0.0381. The molecular weight excluding hydrogens is 386 g/mol. The molecule has 1 aliphatic rings. The second-order valence-electron chi connectivity index (χ2n) is 9.05. The molecule has 4 nitrogen and oxygen atoms in total. The van der Waals surface area contributed by atoms with Crippen molar-refractivity contribution in [2.24, 2.45) is 0 Å². The summed E-state index contributed by atoms with van der Waals surface area (Å²) in [6.07, 6.45) is 18.6. The van der Waals surface area contributed by atoms with E-state index in [0.29, 0.717) is 19.8 Å². The minimum absolute atomic E-state index is 0.136. The monoisotopic (exact) mass is 431 g/mol. The Morgan fingerprint density at radius 1 is 0.839 bits per heavy atom. The molecule has 1 aliphatic heterocycles. The van der Waals surface area contributed by atoms with Crippen LogP contribution in [0, 0.1) is 0 Å². The summed E-state index contributed by atoms with van der Waals surface area (Å²) in [5.74, 6) is 0. The molecule has 0 aromatic heterocycles. The lowest BCUT2D eigenvalue weighted by atomic mass is 10.0. The zero-order valence-electron chi connectivity index (χ0n) is 19.9. The highest BCUT2D eigenvalue weighted by Gasteiger charge is 2.30. The van der Waals surface area contributed by atoms with E-state index in [4.69, 9.17) is 9.47 Å². The maximum absolute atomic E-state index is 12.0. The molecule has 1 aromatic rings. The number of hydrogen-bond donors (Lipinski definition) is 0. The maximum Gasteiger partial charge on any atom is 0.410 e. The van der Waals surface area contributed by atoms with E-state index in [1.165, 1.54) is 83.5 Å². The highest BCUT2D eigenvalue weighted by atomic mass is 16.6. The highest BCUT2D eigenvalue weighted by Crippen LogP contribution is 2.16. The Morgan fingerprint density at radius 2 is 1.39 bits per heavy atom. The molecule has 0 spiro atoms. The molecule has 0 aliphatic carbocycles. The summed E-state index contributed by atoms with van der Waals surface area (Å²) in [7, 11) is 0. The van der Waals surface area contributed by atoms with Gasteiger partial charge in [-0.3, -0.25) is 0 Å². The van der Waals surface area contributed by atoms with Crippen LogP contribution in [0.1, 0.15) is 102 Å². The van der Waals surface area contributed by atoms with Crippen LogP contribution in [-0.2, 0) is 16.1 Å². The minimum Gasteiger partial charge on any atom is -0.442 e. The standard InChI is InChI=1S/C27H45NO3/c1-2-3-4-5-6-7-8-9-10-11-12-13-14-18-21-28-22-26(31-27(28)29)24-30-23-25-19-16-15-17-20-25/h15-17,19-20,26H,2-14,18,21-24H2,1H3/t26-/m0/s1. The van der Waals surface area contributed by atoms with Crippen LogP contribution in [0.2, 0.25) is 0 Å². The Morgan fingerprint density at radius 3 is 1.97 bits per heavy atom. The molecule has 0 radical (unpaired) electrons. The van der Waals surface area contributed by atoms with E-state index in [1.54, 1.807) is 0 Å². The quantitative estimate of drug-likeness (QED) is 0.213. The number of rotatable bonds is 19. The average molecular weight is 432 g/mol. The van der Waals surface area contributed by atoms with Gasteiger partial charge in [-0.05, 0) is 12.0 Å². The van der Waals surface area contributed by atoms with E-state index < -0.39 is 0 Å². The number of cyclic esters (lactones) is 1. The molecule has 1 aromatic carbocycles. The van der Waals surface area contributed by atoms with Gasteiger partial charge in [-0.15, -0.1) is 0 Å². The summed E-state index contributed by atoms with van der Waals surface area (Å²) in [5.41, 5.74) is 1.14. The van der Waals surface area contributed by atoms with Gasteiger partial charge < -0.3 is 14.4 Å². The van der Waals surface area contributed by atoms with Crippen molar-refractivity contribution in [3.63, 3.8) is 0 Å². The molecule has 176 valence electrons. The first-order valence-electron chi connectivity index (χ1n) is 12.9. The van der Waals surface area contributed by atoms with Crippen LogP contribution in [-0.4, -0.2) is 36.8 Å². The number of ether oxygens (including phenoxy) is 2. The van der Waals surface area contributed by atoms with E-state index in [-0.39, 0.29) is 12.2 Å². The minimum atomic E-state index is -0.178. The van der Waals surface area contributed by atoms with Gasteiger partial charge in [0, 0.05) is 6.54 Å². The van der Waals surface area contributed by atoms with Crippen molar-refractivity contribution in [2.75, 3.05) is 19.7 Å². The van der Waals surface area contributed by atoms with Crippen LogP contribution < -0.4 is 0 Å². The Balaban J connectivity index is 1.37. The summed E-state index contributed by atoms with van der Waals surface area (Å²) >= 11 is 0. The van der Waals surface area contributed by atoms with Gasteiger partial charge in [0.2, 0.25) is 0 Å². The number of nitrogens with zero attached hydrogens (tertiary/aromatic N) is 1. The molecule has 1 saturated heterocycles. The van der Waals surface area contributed by atoms with Crippen LogP contribution in [0.4, 0.5) is 4.79 Å². The van der Waals surface area contributed by atoms with Crippen LogP contribution >= 0.6 is 0 Å². The van der Waals surface area contributed by atoms with Crippen LogP contribution in [0.3, 0.4) is 0 Å². The fraction of sp³-hybridized carbons (Fsp3) is 0.741. The fourth-order valence-electron chi connectivity index (χ4n) is 4.22. The number of amides is 1. The Hall–Kier alpha value is -1.55. The normalized spacial score (nSPS) is 16.1. The first-order chi connectivity index (χ1) is 15.3. The molecule has 0 unspecified atom stereocenters. The van der Waals surface area contributed by atoms with E-state index >= 15 is 0 Å². The molecule has 4 heteroatoms. The van der Waals surface area contributed by atoms with E-state index in [2.05, 4.69) is 6.92 Å². The van der Waals surface area contributed by atoms with Crippen molar-refractivity contribution in [1.29, 1.82) is 0 Å². The summed E-state index contributed by atoms with van der Waals surface area (Å²) in [4.78, 5) is 13.9. The lowest BCUT2D eigenvalue weighted by Crippen LogP contribution is -2.27. The van der Waals surface area contributed by atoms with Gasteiger partial charge in [0.05, 0.1) is 19.8 Å². The molecule has 1 fully saturated rings. The summed E-state index contributed by atoms with van der Waals surface area (Å²) in [6.45, 7) is 4.78. The molecule has 0 bridgehead atoms. The third-order valence-corrected chi connectivity index (χ3v) is 6.15. The fourth-order valence-corrected chi connectivity index (χ4v) is 4.22. The van der Waals surface area contributed by atoms with Gasteiger partial charge in [-0.2, -0.15) is 0 Å². The molecule has 31 heavy (non-hydrogen) atoms. The largest absolute Gasteiger partial charge is 0.442 e. The van der Waals surface area contributed by atoms with Gasteiger partial charge in [0.1, 0.15) is 6.10 Å². The average Bonchev–Trinajstić information content (AvgIpc) is 3.14. The predicted octanol–water partition coefficient (Wildman–Crippen LogP) is 7.51. The van der Waals surface area contributed by atoms with Crippen molar-refractivity contribution in [1.82, 2.24) is 4.90 Å². The third-order valence-electron chi connectivity index (χ3n) is 6.15. The molecule has 0 saturated carbocycles. The van der Waals surface area contributed by atoms with Gasteiger partial charge in [-0.25, -0.2) is 4.79 Å². The van der Waals surface area contributed by atoms with Gasteiger partial charge in [-0.1, -0.05) is 121 Å². The summed E-state index contributed by atoms with van der Waals surface area (Å²) in [6, 6.07) is 10.1. The van der Waals surface area contributed by atoms with Crippen LogP contribution in [0.25, 0.3) is 0 Å². The molecular formula is C27H45NO3. The second-order valence-corrected chi connectivity index (χ2v) is 9.05. The number of carbonyl (C=O) groups excluding carboxylic acids is 1. The SMILES string of the molecule is CCCCCCCCCCCCCCCCN1C[C@@H](COCc2ccccc2)OC1=O. The Labute approximate surface area is 190 Å². The van der Waals surface area contributed by atoms with Crippen LogP contribution in [0.5, 0.6) is 0 Å². The van der Waals surface area contributed by atoms with E-state index in [9.17, 15) is 4.79 Å². The lowest BCUT2D eigenvalue weighted by Gasteiger charge is -2.12. The van der Waals surface area contributed by atoms with Crippen molar-refractivity contribution >= 4 is 6.09 Å². The number of benzene rings is 1. The smallest absolute Gasteiger partial charge is 0.410 e. The topological polar surface area (TPSA) is 38.8 Å². The van der Waals surface area contributed by atoms with Crippen molar-refractivity contribution < 1.29 is 14.3 Å². The number of carbonyl (C=O) groups is 1. The van der Waals surface area contributed by atoms with Crippen molar-refractivity contribution in [3.8, 4) is 0 Å². The van der Waals surface area contributed by atoms with E-state index in [0.717, 1.165) is 18.5 Å². The highest BCUT2D eigenvalue weighted by molar-refractivity contribution is 5.69. The molecule has 1 atom stereocenters. The maximum atomic E-state index is 12.0. The second kappa shape index (κ2) is 17.1. The number of hydrogen-bond acceptors (Lipinski definition) is 3. The summed E-state index contributed by atoms with van der Waals surface area (Å²) < 4.78 is 11.2. The zero-order chi connectivity index (χ0) is 22.0. The zero-order valence-corrected chi connectivity index (χ0v) is 19.9. The van der Waals surface area contributed by atoms with Gasteiger partial charge >= 0.3 is 6.09 Å². The first kappa shape index (κ1) is 25.7. The van der Waals surface area contributed by atoms with Gasteiger partial charge in [0.25, 0.3) is 0 Å². The number of unbranched alkanes of at least 4 members (excludes halogenated alkanes) is 13. The van der Waals surface area contributed by atoms with Crippen LogP contribution in [0.15, 0.2) is 30.3 Å².